The van der Waals surface area contributed by atoms with Crippen molar-refractivity contribution in [2.24, 2.45) is 16.8 Å². The largest absolute Gasteiger partial charge is 0.377 e. The maximum absolute atomic E-state index is 5.13. The molecule has 0 aromatic carbocycles. The van der Waals surface area contributed by atoms with Gasteiger partial charge >= 0.3 is 0 Å². The highest BCUT2D eigenvalue weighted by Gasteiger charge is 2.23. The van der Waals surface area contributed by atoms with Crippen molar-refractivity contribution in [3.05, 3.63) is 11.6 Å². The van der Waals surface area contributed by atoms with E-state index in [1.165, 1.54) is 32.1 Å². The van der Waals surface area contributed by atoms with Crippen LogP contribution < -0.4 is 10.6 Å². The zero-order valence-electron chi connectivity index (χ0n) is 16.5. The molecule has 1 aliphatic heterocycles. The second-order valence-corrected chi connectivity index (χ2v) is 7.69. The molecule has 2 heterocycles. The number of hydrogen-bond donors (Lipinski definition) is 2. The van der Waals surface area contributed by atoms with Crippen LogP contribution in [0.15, 0.2) is 4.99 Å². The van der Waals surface area contributed by atoms with Gasteiger partial charge in [-0.25, -0.2) is 9.67 Å². The third-order valence-corrected chi connectivity index (χ3v) is 5.84. The molecule has 26 heavy (non-hydrogen) atoms. The molecule has 1 fully saturated rings. The van der Waals surface area contributed by atoms with E-state index in [-0.39, 0.29) is 0 Å². The van der Waals surface area contributed by atoms with Gasteiger partial charge in [0.2, 0.25) is 0 Å². The number of guanidine groups is 1. The average Bonchev–Trinajstić information content (AvgIpc) is 3.07. The van der Waals surface area contributed by atoms with Crippen LogP contribution in [-0.4, -0.2) is 47.5 Å². The van der Waals surface area contributed by atoms with Crippen LogP contribution in [0.5, 0.6) is 0 Å². The molecular formula is C19H34N6O. The van der Waals surface area contributed by atoms with Crippen LogP contribution in [0.4, 0.5) is 0 Å². The molecule has 7 heteroatoms. The summed E-state index contributed by atoms with van der Waals surface area (Å²) in [6.07, 6.45) is 8.78. The van der Waals surface area contributed by atoms with Crippen molar-refractivity contribution >= 4 is 5.96 Å². The normalized spacial score (nSPS) is 26.4. The first-order chi connectivity index (χ1) is 12.7. The highest BCUT2D eigenvalue weighted by Crippen LogP contribution is 2.30. The SMILES string of the molecule is CCC1CCC(CNC(=NC)NC2CCc3nc(COC)nn3C2)CC1. The van der Waals surface area contributed by atoms with E-state index in [0.29, 0.717) is 12.6 Å². The van der Waals surface area contributed by atoms with Gasteiger partial charge in [0.25, 0.3) is 0 Å². The van der Waals surface area contributed by atoms with E-state index in [0.717, 1.165) is 55.4 Å². The highest BCUT2D eigenvalue weighted by molar-refractivity contribution is 5.79. The van der Waals surface area contributed by atoms with Crippen LogP contribution in [0, 0.1) is 11.8 Å². The minimum atomic E-state index is 0.335. The molecule has 1 aromatic rings. The summed E-state index contributed by atoms with van der Waals surface area (Å²) >= 11 is 0. The van der Waals surface area contributed by atoms with Crippen LogP contribution in [0.2, 0.25) is 0 Å². The summed E-state index contributed by atoms with van der Waals surface area (Å²) in [7, 11) is 3.53. The topological polar surface area (TPSA) is 76.4 Å². The zero-order valence-corrected chi connectivity index (χ0v) is 16.5. The van der Waals surface area contributed by atoms with Gasteiger partial charge in [0.05, 0.1) is 6.54 Å². The Kier molecular flexibility index (Phi) is 6.88. The molecule has 1 atom stereocenters. The Morgan fingerprint density at radius 3 is 2.69 bits per heavy atom. The molecule has 1 aromatic heterocycles. The Balaban J connectivity index is 1.45. The molecule has 2 N–H and O–H groups in total. The lowest BCUT2D eigenvalue weighted by Gasteiger charge is -2.29. The number of fused-ring (bicyclic) bond motifs is 1. The van der Waals surface area contributed by atoms with Crippen molar-refractivity contribution in [3.63, 3.8) is 0 Å². The number of aromatic nitrogens is 3. The summed E-state index contributed by atoms with van der Waals surface area (Å²) in [5, 5.41) is 11.6. The van der Waals surface area contributed by atoms with Gasteiger partial charge in [-0.2, -0.15) is 5.10 Å². The molecular weight excluding hydrogens is 328 g/mol. The molecule has 2 aliphatic rings. The minimum Gasteiger partial charge on any atom is -0.377 e. The van der Waals surface area contributed by atoms with Crippen LogP contribution in [0.1, 0.15) is 57.1 Å². The van der Waals surface area contributed by atoms with E-state index in [4.69, 9.17) is 4.74 Å². The molecule has 1 saturated carbocycles. The van der Waals surface area contributed by atoms with E-state index in [1.807, 2.05) is 11.7 Å². The van der Waals surface area contributed by atoms with Crippen LogP contribution in [-0.2, 0) is 24.3 Å². The quantitative estimate of drug-likeness (QED) is 0.599. The molecule has 0 radical (unpaired) electrons. The van der Waals surface area contributed by atoms with E-state index in [1.54, 1.807) is 7.11 Å². The number of hydrogen-bond acceptors (Lipinski definition) is 4. The number of methoxy groups -OCH3 is 1. The Labute approximate surface area is 157 Å². The first-order valence-electron chi connectivity index (χ1n) is 10.1. The molecule has 0 amide bonds. The van der Waals surface area contributed by atoms with Crippen molar-refractivity contribution in [2.75, 3.05) is 20.7 Å². The maximum Gasteiger partial charge on any atom is 0.191 e. The van der Waals surface area contributed by atoms with Crippen molar-refractivity contribution < 1.29 is 4.74 Å². The number of nitrogens with zero attached hydrogens (tertiary/aromatic N) is 4. The first kappa shape index (κ1) is 19.1. The molecule has 7 nitrogen and oxygen atoms in total. The van der Waals surface area contributed by atoms with Gasteiger partial charge in [-0.05, 0) is 31.1 Å². The molecule has 3 rings (SSSR count). The van der Waals surface area contributed by atoms with E-state index >= 15 is 0 Å². The third-order valence-electron chi connectivity index (χ3n) is 5.84. The lowest BCUT2D eigenvalue weighted by molar-refractivity contribution is 0.177. The van der Waals surface area contributed by atoms with Crippen LogP contribution >= 0.6 is 0 Å². The second-order valence-electron chi connectivity index (χ2n) is 7.69. The van der Waals surface area contributed by atoms with E-state index in [2.05, 4.69) is 32.6 Å². The number of aliphatic imine (C=N–C) groups is 1. The molecule has 1 unspecified atom stereocenters. The maximum atomic E-state index is 5.13. The summed E-state index contributed by atoms with van der Waals surface area (Å²) in [6, 6.07) is 0.335. The fourth-order valence-corrected chi connectivity index (χ4v) is 4.14. The lowest BCUT2D eigenvalue weighted by Crippen LogP contribution is -2.48. The Morgan fingerprint density at radius 1 is 1.23 bits per heavy atom. The van der Waals surface area contributed by atoms with Gasteiger partial charge in [0.15, 0.2) is 11.8 Å². The van der Waals surface area contributed by atoms with Crippen molar-refractivity contribution in [1.82, 2.24) is 25.4 Å². The van der Waals surface area contributed by atoms with E-state index < -0.39 is 0 Å². The zero-order chi connectivity index (χ0) is 18.4. The predicted molar refractivity (Wildman–Crippen MR) is 103 cm³/mol. The monoisotopic (exact) mass is 362 g/mol. The predicted octanol–water partition coefficient (Wildman–Crippen LogP) is 2.12. The van der Waals surface area contributed by atoms with Crippen molar-refractivity contribution in [3.8, 4) is 0 Å². The second kappa shape index (κ2) is 9.35. The van der Waals surface area contributed by atoms with Gasteiger partial charge in [-0.3, -0.25) is 4.99 Å². The Hall–Kier alpha value is -1.63. The third kappa shape index (κ3) is 4.96. The highest BCUT2D eigenvalue weighted by atomic mass is 16.5. The summed E-state index contributed by atoms with van der Waals surface area (Å²) in [5.74, 6) is 4.47. The molecule has 0 bridgehead atoms. The Bertz CT molecular complexity index is 591. The van der Waals surface area contributed by atoms with Crippen molar-refractivity contribution in [2.45, 2.75) is 71.1 Å². The van der Waals surface area contributed by atoms with E-state index in [9.17, 15) is 0 Å². The molecule has 1 aliphatic carbocycles. The van der Waals surface area contributed by atoms with Gasteiger partial charge < -0.3 is 15.4 Å². The minimum absolute atomic E-state index is 0.335. The summed E-state index contributed by atoms with van der Waals surface area (Å²) in [5.41, 5.74) is 0. The van der Waals surface area contributed by atoms with Crippen LogP contribution in [0.3, 0.4) is 0 Å². The summed E-state index contributed by atoms with van der Waals surface area (Å²) < 4.78 is 7.14. The summed E-state index contributed by atoms with van der Waals surface area (Å²) in [6.45, 7) is 4.64. The smallest absolute Gasteiger partial charge is 0.191 e. The van der Waals surface area contributed by atoms with Gasteiger partial charge in [0, 0.05) is 33.2 Å². The van der Waals surface area contributed by atoms with Crippen LogP contribution in [0.25, 0.3) is 0 Å². The number of ether oxygens (including phenoxy) is 1. The molecule has 146 valence electrons. The lowest BCUT2D eigenvalue weighted by atomic mass is 9.81. The average molecular weight is 363 g/mol. The summed E-state index contributed by atoms with van der Waals surface area (Å²) in [4.78, 5) is 8.96. The molecule has 0 spiro atoms. The van der Waals surface area contributed by atoms with Gasteiger partial charge in [-0.1, -0.05) is 26.2 Å². The van der Waals surface area contributed by atoms with Crippen molar-refractivity contribution in [1.29, 1.82) is 0 Å². The standard InChI is InChI=1S/C19H34N6O/c1-4-14-5-7-15(8-6-14)11-21-19(20-2)22-16-9-10-18-23-17(13-26-3)24-25(18)12-16/h14-16H,4-13H2,1-3H3,(H2,20,21,22). The fraction of sp³-hybridized carbons (Fsp3) is 0.842. The van der Waals surface area contributed by atoms with Gasteiger partial charge in [0.1, 0.15) is 12.4 Å². The Morgan fingerprint density at radius 2 is 2.00 bits per heavy atom. The number of rotatable bonds is 6. The number of nitrogens with one attached hydrogen (secondary N) is 2. The molecule has 0 saturated heterocycles. The van der Waals surface area contributed by atoms with Gasteiger partial charge in [-0.15, -0.1) is 0 Å². The fourth-order valence-electron chi connectivity index (χ4n) is 4.14. The first-order valence-corrected chi connectivity index (χ1v) is 10.1. The number of aryl methyl sites for hydroxylation is 1.